The average molecular weight is 223 g/mol. The molecular weight excluding hydrogens is 194 g/mol. The predicted octanol–water partition coefficient (Wildman–Crippen LogP) is 3.97. The van der Waals surface area contributed by atoms with Crippen molar-refractivity contribution in [3.8, 4) is 0 Å². The van der Waals surface area contributed by atoms with E-state index in [0.29, 0.717) is 11.5 Å². The topological polar surface area (TPSA) is 26.0 Å². The van der Waals surface area contributed by atoms with Crippen LogP contribution in [0.15, 0.2) is 0 Å². The van der Waals surface area contributed by atoms with Gasteiger partial charge >= 0.3 is 0 Å². The molecule has 2 fully saturated rings. The zero-order chi connectivity index (χ0) is 11.8. The van der Waals surface area contributed by atoms with Gasteiger partial charge in [-0.05, 0) is 48.9 Å². The molecule has 2 saturated carbocycles. The molecule has 1 heteroatoms. The highest BCUT2D eigenvalue weighted by atomic mass is 14.7. The summed E-state index contributed by atoms with van der Waals surface area (Å²) >= 11 is 0. The molecule has 0 saturated heterocycles. The second-order valence-electron chi connectivity index (χ2n) is 6.91. The van der Waals surface area contributed by atoms with Crippen molar-refractivity contribution < 1.29 is 0 Å². The van der Waals surface area contributed by atoms with Gasteiger partial charge in [0.2, 0.25) is 0 Å². The van der Waals surface area contributed by atoms with Crippen molar-refractivity contribution in [1.82, 2.24) is 0 Å². The maximum atomic E-state index is 6.60. The van der Waals surface area contributed by atoms with Gasteiger partial charge < -0.3 is 5.73 Å². The van der Waals surface area contributed by atoms with E-state index in [1.54, 1.807) is 0 Å². The van der Waals surface area contributed by atoms with Crippen molar-refractivity contribution >= 4 is 0 Å². The van der Waals surface area contributed by atoms with Crippen LogP contribution in [-0.2, 0) is 0 Å². The Labute approximate surface area is 101 Å². The third-order valence-corrected chi connectivity index (χ3v) is 5.70. The Morgan fingerprint density at radius 1 is 1.06 bits per heavy atom. The molecule has 2 N–H and O–H groups in total. The summed E-state index contributed by atoms with van der Waals surface area (Å²) in [6.07, 6.45) is 9.70. The summed E-state index contributed by atoms with van der Waals surface area (Å²) in [7, 11) is 0. The van der Waals surface area contributed by atoms with Crippen LogP contribution in [-0.4, -0.2) is 6.04 Å². The van der Waals surface area contributed by atoms with Crippen LogP contribution >= 0.6 is 0 Å². The quantitative estimate of drug-likeness (QED) is 0.753. The van der Waals surface area contributed by atoms with Crippen LogP contribution in [0.25, 0.3) is 0 Å². The maximum absolute atomic E-state index is 6.60. The van der Waals surface area contributed by atoms with Gasteiger partial charge in [0, 0.05) is 6.04 Å². The molecule has 1 nitrogen and oxygen atoms in total. The Morgan fingerprint density at radius 2 is 1.69 bits per heavy atom. The minimum atomic E-state index is 0.463. The second kappa shape index (κ2) is 4.68. The Hall–Kier alpha value is -0.0400. The molecule has 2 rings (SSSR count). The van der Waals surface area contributed by atoms with E-state index in [4.69, 9.17) is 5.73 Å². The standard InChI is InChI=1S/C15H29N/c1-11-6-7-13(10-12(11)2)14(16)15(3)8-4-5-9-15/h11-14H,4-10,16H2,1-3H3. The molecule has 0 spiro atoms. The molecule has 0 aliphatic heterocycles. The van der Waals surface area contributed by atoms with E-state index in [9.17, 15) is 0 Å². The Kier molecular flexibility index (Phi) is 3.63. The summed E-state index contributed by atoms with van der Waals surface area (Å²) in [5.41, 5.74) is 7.06. The van der Waals surface area contributed by atoms with Crippen LogP contribution in [0.4, 0.5) is 0 Å². The first kappa shape index (κ1) is 12.4. The Bertz CT molecular complexity index is 230. The van der Waals surface area contributed by atoms with Crippen molar-refractivity contribution in [1.29, 1.82) is 0 Å². The van der Waals surface area contributed by atoms with Gasteiger partial charge in [-0.25, -0.2) is 0 Å². The van der Waals surface area contributed by atoms with Crippen LogP contribution in [0.3, 0.4) is 0 Å². The summed E-state index contributed by atoms with van der Waals surface area (Å²) in [6, 6.07) is 0.463. The second-order valence-corrected chi connectivity index (χ2v) is 6.91. The van der Waals surface area contributed by atoms with E-state index < -0.39 is 0 Å². The van der Waals surface area contributed by atoms with Crippen molar-refractivity contribution in [3.05, 3.63) is 0 Å². The summed E-state index contributed by atoms with van der Waals surface area (Å²) in [4.78, 5) is 0. The third-order valence-electron chi connectivity index (χ3n) is 5.70. The molecule has 0 aromatic rings. The lowest BCUT2D eigenvalue weighted by Gasteiger charge is -2.42. The summed E-state index contributed by atoms with van der Waals surface area (Å²) in [6.45, 7) is 7.26. The molecule has 0 amide bonds. The molecule has 16 heavy (non-hydrogen) atoms. The molecule has 2 aliphatic carbocycles. The van der Waals surface area contributed by atoms with Gasteiger partial charge in [-0.15, -0.1) is 0 Å². The van der Waals surface area contributed by atoms with E-state index in [1.165, 1.54) is 44.9 Å². The van der Waals surface area contributed by atoms with Gasteiger partial charge in [0.25, 0.3) is 0 Å². The molecule has 0 radical (unpaired) electrons. The molecule has 4 atom stereocenters. The molecular formula is C15H29N. The summed E-state index contributed by atoms with van der Waals surface area (Å²) < 4.78 is 0. The maximum Gasteiger partial charge on any atom is 0.0121 e. The third kappa shape index (κ3) is 2.30. The zero-order valence-electron chi connectivity index (χ0n) is 11.3. The molecule has 0 bridgehead atoms. The van der Waals surface area contributed by atoms with Gasteiger partial charge in [0.05, 0.1) is 0 Å². The Morgan fingerprint density at radius 3 is 2.25 bits per heavy atom. The number of rotatable bonds is 2. The zero-order valence-corrected chi connectivity index (χ0v) is 11.3. The average Bonchev–Trinajstić information content (AvgIpc) is 2.70. The largest absolute Gasteiger partial charge is 0.327 e. The lowest BCUT2D eigenvalue weighted by molar-refractivity contribution is 0.119. The van der Waals surface area contributed by atoms with Crippen LogP contribution in [0.5, 0.6) is 0 Å². The van der Waals surface area contributed by atoms with Crippen LogP contribution in [0, 0.1) is 23.2 Å². The Balaban J connectivity index is 1.97. The summed E-state index contributed by atoms with van der Waals surface area (Å²) in [5, 5.41) is 0. The fourth-order valence-corrected chi connectivity index (χ4v) is 4.00. The minimum absolute atomic E-state index is 0.463. The first-order chi connectivity index (χ1) is 7.53. The monoisotopic (exact) mass is 223 g/mol. The number of hydrogen-bond donors (Lipinski definition) is 1. The lowest BCUT2D eigenvalue weighted by Crippen LogP contribution is -2.45. The van der Waals surface area contributed by atoms with E-state index in [-0.39, 0.29) is 0 Å². The van der Waals surface area contributed by atoms with E-state index >= 15 is 0 Å². The highest BCUT2D eigenvalue weighted by molar-refractivity contribution is 4.95. The molecule has 0 aromatic carbocycles. The molecule has 0 aromatic heterocycles. The first-order valence-electron chi connectivity index (χ1n) is 7.28. The van der Waals surface area contributed by atoms with Crippen LogP contribution < -0.4 is 5.73 Å². The molecule has 0 heterocycles. The predicted molar refractivity (Wildman–Crippen MR) is 70.2 cm³/mol. The normalized spacial score (nSPS) is 40.9. The smallest absolute Gasteiger partial charge is 0.0121 e. The molecule has 4 unspecified atom stereocenters. The van der Waals surface area contributed by atoms with Gasteiger partial charge in [-0.3, -0.25) is 0 Å². The minimum Gasteiger partial charge on any atom is -0.327 e. The SMILES string of the molecule is CC1CCC(C(N)C2(C)CCCC2)CC1C. The van der Waals surface area contributed by atoms with Crippen LogP contribution in [0.2, 0.25) is 0 Å². The highest BCUT2D eigenvalue weighted by Gasteiger charge is 2.40. The first-order valence-corrected chi connectivity index (χ1v) is 7.28. The lowest BCUT2D eigenvalue weighted by atomic mass is 9.66. The van der Waals surface area contributed by atoms with Crippen molar-refractivity contribution in [2.75, 3.05) is 0 Å². The van der Waals surface area contributed by atoms with E-state index in [1.807, 2.05) is 0 Å². The van der Waals surface area contributed by atoms with Crippen molar-refractivity contribution in [2.24, 2.45) is 28.9 Å². The van der Waals surface area contributed by atoms with Crippen molar-refractivity contribution in [2.45, 2.75) is 71.8 Å². The van der Waals surface area contributed by atoms with Gasteiger partial charge in [-0.1, -0.05) is 40.0 Å². The summed E-state index contributed by atoms with van der Waals surface area (Å²) in [5.74, 6) is 2.60. The fraction of sp³-hybridized carbons (Fsp3) is 1.00. The highest BCUT2D eigenvalue weighted by Crippen LogP contribution is 2.46. The van der Waals surface area contributed by atoms with Gasteiger partial charge in [0.15, 0.2) is 0 Å². The number of hydrogen-bond acceptors (Lipinski definition) is 1. The van der Waals surface area contributed by atoms with E-state index in [2.05, 4.69) is 20.8 Å². The molecule has 94 valence electrons. The molecule has 2 aliphatic rings. The fourth-order valence-electron chi connectivity index (χ4n) is 4.00. The van der Waals surface area contributed by atoms with Gasteiger partial charge in [0.1, 0.15) is 0 Å². The van der Waals surface area contributed by atoms with Crippen molar-refractivity contribution in [3.63, 3.8) is 0 Å². The van der Waals surface area contributed by atoms with Crippen LogP contribution in [0.1, 0.15) is 65.7 Å². The van der Waals surface area contributed by atoms with Gasteiger partial charge in [-0.2, -0.15) is 0 Å². The number of nitrogens with two attached hydrogens (primary N) is 1. The van der Waals surface area contributed by atoms with E-state index in [0.717, 1.165) is 17.8 Å².